The standard InChI is InChI=1S/C18H17F3N2/c19-18(20,21)15-7-5-12(6-8-15)17-22-10-16-9-13-3-1-2-4-14(13)11-23(16)17/h1-8,16-17,22H,9-11H2/t16-,17+/m1/s1. The summed E-state index contributed by atoms with van der Waals surface area (Å²) in [7, 11) is 0. The predicted octanol–water partition coefficient (Wildman–Crippen LogP) is 3.73. The van der Waals surface area contributed by atoms with Crippen LogP contribution in [0, 0.1) is 0 Å². The van der Waals surface area contributed by atoms with Crippen LogP contribution in [0.3, 0.4) is 0 Å². The molecule has 23 heavy (non-hydrogen) atoms. The largest absolute Gasteiger partial charge is 0.416 e. The molecule has 0 aliphatic carbocycles. The van der Waals surface area contributed by atoms with E-state index in [2.05, 4.69) is 28.4 Å². The van der Waals surface area contributed by atoms with Gasteiger partial charge in [-0.05, 0) is 35.2 Å². The van der Waals surface area contributed by atoms with Crippen molar-refractivity contribution in [2.24, 2.45) is 0 Å². The third-order valence-electron chi connectivity index (χ3n) is 4.83. The van der Waals surface area contributed by atoms with Crippen molar-refractivity contribution in [1.82, 2.24) is 10.2 Å². The highest BCUT2D eigenvalue weighted by molar-refractivity contribution is 5.33. The van der Waals surface area contributed by atoms with Gasteiger partial charge < -0.3 is 0 Å². The number of rotatable bonds is 1. The van der Waals surface area contributed by atoms with E-state index in [1.54, 1.807) is 12.1 Å². The zero-order chi connectivity index (χ0) is 16.0. The number of fused-ring (bicyclic) bond motifs is 2. The summed E-state index contributed by atoms with van der Waals surface area (Å²) in [4.78, 5) is 2.35. The first kappa shape index (κ1) is 14.7. The summed E-state index contributed by atoms with van der Waals surface area (Å²) in [6.07, 6.45) is -3.32. The van der Waals surface area contributed by atoms with Gasteiger partial charge in [-0.25, -0.2) is 0 Å². The van der Waals surface area contributed by atoms with Gasteiger partial charge in [0, 0.05) is 19.1 Å². The molecular formula is C18H17F3N2. The van der Waals surface area contributed by atoms with Gasteiger partial charge in [0.15, 0.2) is 0 Å². The number of halogens is 3. The van der Waals surface area contributed by atoms with Crippen molar-refractivity contribution in [1.29, 1.82) is 0 Å². The molecule has 4 rings (SSSR count). The molecule has 2 nitrogen and oxygen atoms in total. The molecule has 2 aliphatic rings. The molecule has 5 heteroatoms. The number of nitrogens with one attached hydrogen (secondary N) is 1. The average molecular weight is 318 g/mol. The molecule has 120 valence electrons. The molecule has 0 amide bonds. The first-order valence-electron chi connectivity index (χ1n) is 7.75. The minimum Gasteiger partial charge on any atom is -0.296 e. The van der Waals surface area contributed by atoms with Crippen LogP contribution in [0.1, 0.15) is 28.4 Å². The zero-order valence-corrected chi connectivity index (χ0v) is 12.5. The summed E-state index contributed by atoms with van der Waals surface area (Å²) >= 11 is 0. The minimum absolute atomic E-state index is 0.0179. The van der Waals surface area contributed by atoms with Gasteiger partial charge in [0.05, 0.1) is 11.7 Å². The van der Waals surface area contributed by atoms with Crippen LogP contribution in [0.15, 0.2) is 48.5 Å². The summed E-state index contributed by atoms with van der Waals surface area (Å²) in [5.74, 6) is 0. The zero-order valence-electron chi connectivity index (χ0n) is 12.5. The first-order chi connectivity index (χ1) is 11.0. The SMILES string of the molecule is FC(F)(F)c1ccc([C@H]2NC[C@H]3Cc4ccccc4CN32)cc1. The van der Waals surface area contributed by atoms with Gasteiger partial charge in [-0.15, -0.1) is 0 Å². The Labute approximate surface area is 132 Å². The van der Waals surface area contributed by atoms with Crippen LogP contribution in [0.5, 0.6) is 0 Å². The van der Waals surface area contributed by atoms with Crippen LogP contribution in [-0.4, -0.2) is 17.5 Å². The summed E-state index contributed by atoms with van der Waals surface area (Å²) in [6.45, 7) is 1.69. The van der Waals surface area contributed by atoms with Crippen molar-refractivity contribution in [3.8, 4) is 0 Å². The lowest BCUT2D eigenvalue weighted by Crippen LogP contribution is -2.38. The Hall–Kier alpha value is -1.85. The summed E-state index contributed by atoms with van der Waals surface area (Å²) in [5.41, 5.74) is 2.98. The molecule has 0 radical (unpaired) electrons. The fraction of sp³-hybridized carbons (Fsp3) is 0.333. The lowest BCUT2D eigenvalue weighted by atomic mass is 9.94. The Morgan fingerprint density at radius 3 is 2.35 bits per heavy atom. The quantitative estimate of drug-likeness (QED) is 0.862. The van der Waals surface area contributed by atoms with Crippen LogP contribution >= 0.6 is 0 Å². The number of hydrogen-bond acceptors (Lipinski definition) is 2. The number of benzene rings is 2. The topological polar surface area (TPSA) is 15.3 Å². The van der Waals surface area contributed by atoms with Gasteiger partial charge in [0.1, 0.15) is 0 Å². The van der Waals surface area contributed by atoms with Crippen molar-refractivity contribution in [2.45, 2.75) is 31.3 Å². The second kappa shape index (κ2) is 5.35. The van der Waals surface area contributed by atoms with E-state index >= 15 is 0 Å². The van der Waals surface area contributed by atoms with Crippen LogP contribution in [0.2, 0.25) is 0 Å². The lowest BCUT2D eigenvalue weighted by molar-refractivity contribution is -0.137. The Balaban J connectivity index is 1.59. The van der Waals surface area contributed by atoms with Crippen molar-refractivity contribution in [3.63, 3.8) is 0 Å². The molecule has 1 N–H and O–H groups in total. The molecule has 0 bridgehead atoms. The van der Waals surface area contributed by atoms with Crippen molar-refractivity contribution in [3.05, 3.63) is 70.8 Å². The summed E-state index contributed by atoms with van der Waals surface area (Å²) in [5, 5.41) is 3.45. The molecule has 2 aliphatic heterocycles. The normalized spacial score (nSPS) is 24.3. The summed E-state index contributed by atoms with van der Waals surface area (Å²) < 4.78 is 38.1. The van der Waals surface area contributed by atoms with Crippen LogP contribution in [-0.2, 0) is 19.1 Å². The molecule has 0 spiro atoms. The summed E-state index contributed by atoms with van der Waals surface area (Å²) in [6, 6.07) is 14.3. The molecule has 2 heterocycles. The fourth-order valence-electron chi connectivity index (χ4n) is 3.63. The maximum Gasteiger partial charge on any atom is 0.416 e. The molecule has 1 saturated heterocycles. The lowest BCUT2D eigenvalue weighted by Gasteiger charge is -2.34. The minimum atomic E-state index is -4.28. The van der Waals surface area contributed by atoms with E-state index in [9.17, 15) is 13.2 Å². The van der Waals surface area contributed by atoms with E-state index in [0.717, 1.165) is 25.1 Å². The van der Waals surface area contributed by atoms with Crippen molar-refractivity contribution in [2.75, 3.05) is 6.54 Å². The predicted molar refractivity (Wildman–Crippen MR) is 81.7 cm³/mol. The highest BCUT2D eigenvalue weighted by Crippen LogP contribution is 2.35. The second-order valence-electron chi connectivity index (χ2n) is 6.23. The molecule has 2 atom stereocenters. The molecule has 0 aromatic heterocycles. The highest BCUT2D eigenvalue weighted by Gasteiger charge is 2.37. The van der Waals surface area contributed by atoms with Crippen LogP contribution in [0.25, 0.3) is 0 Å². The van der Waals surface area contributed by atoms with E-state index in [0.29, 0.717) is 6.04 Å². The van der Waals surface area contributed by atoms with Gasteiger partial charge in [-0.3, -0.25) is 10.2 Å². The molecule has 0 saturated carbocycles. The monoisotopic (exact) mass is 318 g/mol. The molecule has 2 aromatic rings. The van der Waals surface area contributed by atoms with E-state index in [1.807, 2.05) is 6.07 Å². The average Bonchev–Trinajstić information content (AvgIpc) is 2.94. The fourth-order valence-corrected chi connectivity index (χ4v) is 3.63. The molecule has 0 unspecified atom stereocenters. The first-order valence-corrected chi connectivity index (χ1v) is 7.75. The maximum atomic E-state index is 12.7. The van der Waals surface area contributed by atoms with Gasteiger partial charge in [0.2, 0.25) is 0 Å². The Morgan fingerprint density at radius 2 is 1.65 bits per heavy atom. The van der Waals surface area contributed by atoms with Crippen LogP contribution in [0.4, 0.5) is 13.2 Å². The molecule has 2 aromatic carbocycles. The van der Waals surface area contributed by atoms with Crippen molar-refractivity contribution >= 4 is 0 Å². The van der Waals surface area contributed by atoms with E-state index in [1.165, 1.54) is 23.3 Å². The van der Waals surface area contributed by atoms with E-state index in [-0.39, 0.29) is 6.17 Å². The van der Waals surface area contributed by atoms with Gasteiger partial charge in [-0.2, -0.15) is 13.2 Å². The highest BCUT2D eigenvalue weighted by atomic mass is 19.4. The van der Waals surface area contributed by atoms with Crippen molar-refractivity contribution < 1.29 is 13.2 Å². The smallest absolute Gasteiger partial charge is 0.296 e. The Kier molecular flexibility index (Phi) is 3.43. The maximum absolute atomic E-state index is 12.7. The Morgan fingerprint density at radius 1 is 0.957 bits per heavy atom. The van der Waals surface area contributed by atoms with Gasteiger partial charge in [-0.1, -0.05) is 36.4 Å². The third-order valence-corrected chi connectivity index (χ3v) is 4.83. The van der Waals surface area contributed by atoms with E-state index < -0.39 is 11.7 Å². The third kappa shape index (κ3) is 2.64. The van der Waals surface area contributed by atoms with E-state index in [4.69, 9.17) is 0 Å². The number of hydrogen-bond donors (Lipinski definition) is 1. The Bertz CT molecular complexity index is 709. The molecular weight excluding hydrogens is 301 g/mol. The van der Waals surface area contributed by atoms with Gasteiger partial charge >= 0.3 is 6.18 Å². The number of alkyl halides is 3. The molecule has 1 fully saturated rings. The van der Waals surface area contributed by atoms with Gasteiger partial charge in [0.25, 0.3) is 0 Å². The second-order valence-corrected chi connectivity index (χ2v) is 6.23. The number of nitrogens with zero attached hydrogens (tertiary/aromatic N) is 1. The van der Waals surface area contributed by atoms with Crippen LogP contribution < -0.4 is 5.32 Å².